The van der Waals surface area contributed by atoms with Crippen LogP contribution in [0.15, 0.2) is 60.9 Å². The van der Waals surface area contributed by atoms with Crippen LogP contribution in [0.1, 0.15) is 24.4 Å². The number of fused-ring (bicyclic) bond motifs is 1. The normalized spacial score (nSPS) is 14.5. The Bertz CT molecular complexity index is 1340. The van der Waals surface area contributed by atoms with E-state index in [1.165, 1.54) is 12.1 Å². The summed E-state index contributed by atoms with van der Waals surface area (Å²) in [7, 11) is 0. The number of amides is 1. The van der Waals surface area contributed by atoms with Crippen molar-refractivity contribution in [2.24, 2.45) is 5.73 Å². The van der Waals surface area contributed by atoms with Crippen LogP contribution in [0.4, 0.5) is 36.4 Å². The van der Waals surface area contributed by atoms with Crippen LogP contribution in [0, 0.1) is 5.82 Å². The quantitative estimate of drug-likeness (QED) is 0.312. The number of hydrogen-bond acceptors (Lipinski definition) is 6. The zero-order valence-corrected chi connectivity index (χ0v) is 21.5. The lowest BCUT2D eigenvalue weighted by Crippen LogP contribution is -2.45. The molecule has 0 spiro atoms. The number of carbonyl (C=O) groups excluding carboxylic acids is 1. The molecule has 42 heavy (non-hydrogen) atoms. The van der Waals surface area contributed by atoms with Gasteiger partial charge in [-0.15, -0.1) is 0 Å². The molecule has 3 aromatic rings. The molecule has 0 bridgehead atoms. The van der Waals surface area contributed by atoms with Crippen molar-refractivity contribution in [1.82, 2.24) is 9.88 Å². The number of piperidine rings is 1. The molecule has 1 atom stereocenters. The van der Waals surface area contributed by atoms with E-state index >= 15 is 0 Å². The number of halogens is 7. The average molecular weight is 606 g/mol. The van der Waals surface area contributed by atoms with E-state index in [1.807, 2.05) is 12.3 Å². The maximum absolute atomic E-state index is 13.1. The van der Waals surface area contributed by atoms with E-state index in [0.717, 1.165) is 29.3 Å². The van der Waals surface area contributed by atoms with Crippen molar-refractivity contribution in [2.75, 3.05) is 18.4 Å². The standard InChI is InChI=1S/C22H23FN4O.2C2HF3O2/c23-18-4-1-15(2-5-18)21(24)22(28)27-11-8-19(9-12-27)26-20-6-3-17-14-25-10-7-16(17)13-20;2*3-2(4,5)1(6)7/h1-7,10,13-14,19,21,26H,8-9,11-12,24H2;2*(H,6,7). The summed E-state index contributed by atoms with van der Waals surface area (Å²) in [6.45, 7) is 1.31. The number of nitrogens with one attached hydrogen (secondary N) is 1. The Morgan fingerprint density at radius 2 is 1.40 bits per heavy atom. The second-order valence-corrected chi connectivity index (χ2v) is 8.82. The first-order chi connectivity index (χ1) is 19.5. The summed E-state index contributed by atoms with van der Waals surface area (Å²) in [6, 6.07) is 13.6. The van der Waals surface area contributed by atoms with Crippen LogP contribution < -0.4 is 11.1 Å². The van der Waals surface area contributed by atoms with Crippen molar-refractivity contribution >= 4 is 34.3 Å². The molecule has 1 aromatic heterocycles. The molecular weight excluding hydrogens is 581 g/mol. The summed E-state index contributed by atoms with van der Waals surface area (Å²) in [5.74, 6) is -5.96. The molecule has 1 aliphatic rings. The predicted octanol–water partition coefficient (Wildman–Crippen LogP) is 4.74. The third kappa shape index (κ3) is 10.5. The first kappa shape index (κ1) is 33.7. The zero-order valence-electron chi connectivity index (χ0n) is 21.5. The Morgan fingerprint density at radius 1 is 0.881 bits per heavy atom. The van der Waals surface area contributed by atoms with Gasteiger partial charge in [0.05, 0.1) is 0 Å². The van der Waals surface area contributed by atoms with Gasteiger partial charge < -0.3 is 26.2 Å². The molecule has 1 saturated heterocycles. The lowest BCUT2D eigenvalue weighted by molar-refractivity contribution is -0.193. The van der Waals surface area contributed by atoms with Gasteiger partial charge in [0.2, 0.25) is 5.91 Å². The van der Waals surface area contributed by atoms with Gasteiger partial charge in [0.25, 0.3) is 0 Å². The number of aromatic nitrogens is 1. The maximum atomic E-state index is 13.1. The number of pyridine rings is 1. The van der Waals surface area contributed by atoms with Gasteiger partial charge in [-0.3, -0.25) is 9.78 Å². The van der Waals surface area contributed by atoms with Crippen molar-refractivity contribution in [1.29, 1.82) is 0 Å². The molecule has 1 unspecified atom stereocenters. The number of alkyl halides is 6. The number of anilines is 1. The second-order valence-electron chi connectivity index (χ2n) is 8.82. The third-order valence-electron chi connectivity index (χ3n) is 5.80. The number of carbonyl (C=O) groups is 3. The molecule has 4 rings (SSSR count). The Balaban J connectivity index is 0.000000367. The van der Waals surface area contributed by atoms with Crippen molar-refractivity contribution < 1.29 is 55.3 Å². The van der Waals surface area contributed by atoms with E-state index < -0.39 is 30.3 Å². The van der Waals surface area contributed by atoms with Crippen LogP contribution in [-0.4, -0.2) is 69.4 Å². The van der Waals surface area contributed by atoms with Crippen molar-refractivity contribution in [3.05, 3.63) is 72.3 Å². The summed E-state index contributed by atoms with van der Waals surface area (Å²) in [5, 5.41) is 20.1. The van der Waals surface area contributed by atoms with Gasteiger partial charge in [0, 0.05) is 42.6 Å². The van der Waals surface area contributed by atoms with E-state index in [-0.39, 0.29) is 11.7 Å². The number of likely N-dealkylation sites (tertiary alicyclic amines) is 1. The molecular formula is C26H25F7N4O5. The van der Waals surface area contributed by atoms with Gasteiger partial charge in [-0.2, -0.15) is 26.3 Å². The number of carboxylic acids is 2. The molecule has 0 radical (unpaired) electrons. The van der Waals surface area contributed by atoms with Crippen LogP contribution >= 0.6 is 0 Å². The predicted molar refractivity (Wildman–Crippen MR) is 136 cm³/mol. The van der Waals surface area contributed by atoms with Crippen LogP contribution in [0.3, 0.4) is 0 Å². The second kappa shape index (κ2) is 14.4. The van der Waals surface area contributed by atoms with Crippen LogP contribution in [0.2, 0.25) is 0 Å². The van der Waals surface area contributed by atoms with Crippen molar-refractivity contribution in [2.45, 2.75) is 37.3 Å². The number of nitrogens with two attached hydrogens (primary N) is 1. The first-order valence-corrected chi connectivity index (χ1v) is 12.0. The number of aliphatic carboxylic acids is 2. The highest BCUT2D eigenvalue weighted by Gasteiger charge is 2.38. The number of benzene rings is 2. The Hall–Kier alpha value is -4.47. The molecule has 1 fully saturated rings. The molecule has 2 heterocycles. The topological polar surface area (TPSA) is 146 Å². The van der Waals surface area contributed by atoms with Crippen LogP contribution in [0.5, 0.6) is 0 Å². The smallest absolute Gasteiger partial charge is 0.475 e. The molecule has 228 valence electrons. The number of rotatable bonds is 4. The fraction of sp³-hybridized carbons (Fsp3) is 0.308. The van der Waals surface area contributed by atoms with Crippen LogP contribution in [0.25, 0.3) is 10.8 Å². The Morgan fingerprint density at radius 3 is 1.90 bits per heavy atom. The first-order valence-electron chi connectivity index (χ1n) is 12.0. The molecule has 1 amide bonds. The summed E-state index contributed by atoms with van der Waals surface area (Å²) in [6.07, 6.45) is -4.80. The molecule has 9 nitrogen and oxygen atoms in total. The van der Waals surface area contributed by atoms with Gasteiger partial charge in [0.1, 0.15) is 11.9 Å². The lowest BCUT2D eigenvalue weighted by atomic mass is 10.0. The van der Waals surface area contributed by atoms with E-state index in [2.05, 4.69) is 28.5 Å². The van der Waals surface area contributed by atoms with Gasteiger partial charge in [-0.05, 0) is 54.1 Å². The monoisotopic (exact) mass is 606 g/mol. The lowest BCUT2D eigenvalue weighted by Gasteiger charge is -2.34. The van der Waals surface area contributed by atoms with E-state index in [4.69, 9.17) is 25.5 Å². The summed E-state index contributed by atoms with van der Waals surface area (Å²) >= 11 is 0. The molecule has 0 aliphatic carbocycles. The third-order valence-corrected chi connectivity index (χ3v) is 5.80. The molecule has 16 heteroatoms. The summed E-state index contributed by atoms with van der Waals surface area (Å²) < 4.78 is 76.5. The summed E-state index contributed by atoms with van der Waals surface area (Å²) in [5.41, 5.74) is 7.81. The zero-order chi connectivity index (χ0) is 31.7. The Labute approximate surface area is 233 Å². The fourth-order valence-corrected chi connectivity index (χ4v) is 3.66. The van der Waals surface area contributed by atoms with Gasteiger partial charge in [-0.25, -0.2) is 14.0 Å². The van der Waals surface area contributed by atoms with E-state index in [1.54, 1.807) is 23.2 Å². The van der Waals surface area contributed by atoms with E-state index in [0.29, 0.717) is 24.7 Å². The van der Waals surface area contributed by atoms with E-state index in [9.17, 15) is 35.5 Å². The average Bonchev–Trinajstić information content (AvgIpc) is 2.93. The minimum atomic E-state index is -5.08. The highest BCUT2D eigenvalue weighted by Crippen LogP contribution is 2.23. The molecule has 1 aliphatic heterocycles. The largest absolute Gasteiger partial charge is 0.490 e. The van der Waals surface area contributed by atoms with Crippen LogP contribution in [-0.2, 0) is 14.4 Å². The minimum Gasteiger partial charge on any atom is -0.475 e. The number of carboxylic acid groups (broad SMARTS) is 2. The molecule has 2 aromatic carbocycles. The van der Waals surface area contributed by atoms with Gasteiger partial charge in [-0.1, -0.05) is 18.2 Å². The minimum absolute atomic E-state index is 0.108. The maximum Gasteiger partial charge on any atom is 0.490 e. The Kier molecular flexibility index (Phi) is 11.6. The van der Waals surface area contributed by atoms with Crippen molar-refractivity contribution in [3.63, 3.8) is 0 Å². The highest BCUT2D eigenvalue weighted by molar-refractivity contribution is 5.85. The molecule has 0 saturated carbocycles. The van der Waals surface area contributed by atoms with Gasteiger partial charge >= 0.3 is 24.3 Å². The number of hydrogen-bond donors (Lipinski definition) is 4. The van der Waals surface area contributed by atoms with Crippen molar-refractivity contribution in [3.8, 4) is 0 Å². The summed E-state index contributed by atoms with van der Waals surface area (Å²) in [4.78, 5) is 36.4. The molecule has 5 N–H and O–H groups in total. The SMILES string of the molecule is NC(C(=O)N1CCC(Nc2ccc3cnccc3c2)CC1)c1ccc(F)cc1.O=C(O)C(F)(F)F.O=C(O)C(F)(F)F. The highest BCUT2D eigenvalue weighted by atomic mass is 19.4. The van der Waals surface area contributed by atoms with Gasteiger partial charge in [0.15, 0.2) is 0 Å². The fourth-order valence-electron chi connectivity index (χ4n) is 3.66. The number of nitrogens with zero attached hydrogens (tertiary/aromatic N) is 2.